The summed E-state index contributed by atoms with van der Waals surface area (Å²) >= 11 is 0. The van der Waals surface area contributed by atoms with Gasteiger partial charge < -0.3 is 10.1 Å². The Hall–Kier alpha value is -2.89. The number of fused-ring (bicyclic) bond motifs is 1. The zero-order chi connectivity index (χ0) is 15.9. The Balaban J connectivity index is 1.93. The molecule has 2 N–H and O–H groups in total. The maximum Gasteiger partial charge on any atom is 0.338 e. The third kappa shape index (κ3) is 4.05. The van der Waals surface area contributed by atoms with Crippen LogP contribution < -0.4 is 10.6 Å². The van der Waals surface area contributed by atoms with Crippen molar-refractivity contribution in [1.29, 1.82) is 0 Å². The Morgan fingerprint density at radius 2 is 1.77 bits per heavy atom. The van der Waals surface area contributed by atoms with E-state index in [1.54, 1.807) is 25.1 Å². The Morgan fingerprint density at radius 1 is 1.05 bits per heavy atom. The van der Waals surface area contributed by atoms with Crippen LogP contribution >= 0.6 is 0 Å². The van der Waals surface area contributed by atoms with E-state index in [4.69, 9.17) is 4.74 Å². The number of nitrogens with one attached hydrogen (secondary N) is 2. The summed E-state index contributed by atoms with van der Waals surface area (Å²) in [7, 11) is 0. The van der Waals surface area contributed by atoms with Crippen molar-refractivity contribution >= 4 is 28.7 Å². The minimum absolute atomic E-state index is 0.351. The van der Waals surface area contributed by atoms with E-state index in [2.05, 4.69) is 10.6 Å². The summed E-state index contributed by atoms with van der Waals surface area (Å²) in [5.74, 6) is -1.29. The van der Waals surface area contributed by atoms with Crippen LogP contribution in [0.2, 0.25) is 0 Å². The fourth-order valence-corrected chi connectivity index (χ4v) is 1.90. The Labute approximate surface area is 127 Å². The molecule has 0 aliphatic rings. The molecule has 0 aromatic heterocycles. The highest BCUT2D eigenvalue weighted by atomic mass is 16.5. The molecule has 0 bridgehead atoms. The van der Waals surface area contributed by atoms with Crippen LogP contribution in [0.1, 0.15) is 17.3 Å². The summed E-state index contributed by atoms with van der Waals surface area (Å²) in [6.45, 7) is 1.61. The average Bonchev–Trinajstić information content (AvgIpc) is 2.52. The normalized spacial score (nSPS) is 10.0. The molecular formula is C16H16N2O4. The molecule has 0 heterocycles. The number of esters is 1. The monoisotopic (exact) mass is 300 g/mol. The number of ether oxygens (including phenoxy) is 1. The zero-order valence-corrected chi connectivity index (χ0v) is 12.1. The van der Waals surface area contributed by atoms with Gasteiger partial charge in [-0.2, -0.15) is 0 Å². The summed E-state index contributed by atoms with van der Waals surface area (Å²) in [4.78, 5) is 34.5. The first-order valence-electron chi connectivity index (χ1n) is 6.83. The largest absolute Gasteiger partial charge is 0.452 e. The number of amides is 3. The lowest BCUT2D eigenvalue weighted by atomic mass is 10.1. The molecule has 0 radical (unpaired) electrons. The van der Waals surface area contributed by atoms with Crippen LogP contribution in [0.25, 0.3) is 10.8 Å². The number of imide groups is 1. The maximum absolute atomic E-state index is 11.9. The van der Waals surface area contributed by atoms with Crippen LogP contribution in [0, 0.1) is 0 Å². The highest BCUT2D eigenvalue weighted by molar-refractivity contribution is 5.98. The van der Waals surface area contributed by atoms with Gasteiger partial charge in [0.15, 0.2) is 6.61 Å². The fourth-order valence-electron chi connectivity index (χ4n) is 1.90. The fraction of sp³-hybridized carbons (Fsp3) is 0.188. The molecule has 2 aromatic rings. The van der Waals surface area contributed by atoms with Crippen molar-refractivity contribution in [3.8, 4) is 0 Å². The first-order chi connectivity index (χ1) is 10.6. The van der Waals surface area contributed by atoms with Crippen molar-refractivity contribution in [2.45, 2.75) is 6.92 Å². The number of carbonyl (C=O) groups is 3. The standard InChI is InChI=1S/C16H16N2O4/c1-2-17-16(21)18-14(19)10-22-15(20)13-8-7-11-5-3-4-6-12(11)9-13/h3-9H,2,10H2,1H3,(H2,17,18,19,21). The van der Waals surface area contributed by atoms with Gasteiger partial charge in [0.25, 0.3) is 5.91 Å². The van der Waals surface area contributed by atoms with E-state index >= 15 is 0 Å². The summed E-state index contributed by atoms with van der Waals surface area (Å²) < 4.78 is 4.89. The predicted molar refractivity (Wildman–Crippen MR) is 81.4 cm³/mol. The van der Waals surface area contributed by atoms with Gasteiger partial charge in [-0.1, -0.05) is 30.3 Å². The number of rotatable bonds is 4. The van der Waals surface area contributed by atoms with E-state index in [0.717, 1.165) is 10.8 Å². The molecule has 2 rings (SSSR count). The van der Waals surface area contributed by atoms with E-state index in [9.17, 15) is 14.4 Å². The molecule has 6 nitrogen and oxygen atoms in total. The first kappa shape index (κ1) is 15.5. The molecule has 3 amide bonds. The molecule has 0 unspecified atom stereocenters. The molecule has 114 valence electrons. The van der Waals surface area contributed by atoms with Gasteiger partial charge in [-0.15, -0.1) is 0 Å². The number of urea groups is 1. The number of carbonyl (C=O) groups excluding carboxylic acids is 3. The number of hydrogen-bond acceptors (Lipinski definition) is 4. The summed E-state index contributed by atoms with van der Waals surface area (Å²) in [6, 6.07) is 12.1. The smallest absolute Gasteiger partial charge is 0.338 e. The quantitative estimate of drug-likeness (QED) is 0.844. The van der Waals surface area contributed by atoms with E-state index in [-0.39, 0.29) is 0 Å². The van der Waals surface area contributed by atoms with Crippen molar-refractivity contribution in [2.75, 3.05) is 13.2 Å². The molecule has 6 heteroatoms. The topological polar surface area (TPSA) is 84.5 Å². The van der Waals surface area contributed by atoms with Crippen molar-refractivity contribution in [3.05, 3.63) is 48.0 Å². The van der Waals surface area contributed by atoms with Crippen molar-refractivity contribution < 1.29 is 19.1 Å². The van der Waals surface area contributed by atoms with Crippen LogP contribution in [0.5, 0.6) is 0 Å². The summed E-state index contributed by atoms with van der Waals surface area (Å²) in [6.07, 6.45) is 0. The third-order valence-corrected chi connectivity index (χ3v) is 2.91. The summed E-state index contributed by atoms with van der Waals surface area (Å²) in [5.41, 5.74) is 0.351. The van der Waals surface area contributed by atoms with Gasteiger partial charge in [0, 0.05) is 6.54 Å². The third-order valence-electron chi connectivity index (χ3n) is 2.91. The second-order valence-electron chi connectivity index (χ2n) is 4.55. The molecular weight excluding hydrogens is 284 g/mol. The van der Waals surface area contributed by atoms with Crippen molar-refractivity contribution in [3.63, 3.8) is 0 Å². The van der Waals surface area contributed by atoms with E-state index in [0.29, 0.717) is 12.1 Å². The van der Waals surface area contributed by atoms with Crippen LogP contribution in [-0.4, -0.2) is 31.1 Å². The highest BCUT2D eigenvalue weighted by Crippen LogP contribution is 2.16. The molecule has 0 saturated heterocycles. The molecule has 0 aliphatic carbocycles. The minimum atomic E-state index is -0.680. The average molecular weight is 300 g/mol. The first-order valence-corrected chi connectivity index (χ1v) is 6.83. The van der Waals surface area contributed by atoms with Gasteiger partial charge in [-0.05, 0) is 29.8 Å². The van der Waals surface area contributed by atoms with E-state index in [1.165, 1.54) is 0 Å². The van der Waals surface area contributed by atoms with Crippen LogP contribution in [0.4, 0.5) is 4.79 Å². The Kier molecular flexibility index (Phi) is 5.08. The molecule has 0 fully saturated rings. The lowest BCUT2D eigenvalue weighted by Gasteiger charge is -2.07. The zero-order valence-electron chi connectivity index (χ0n) is 12.1. The summed E-state index contributed by atoms with van der Waals surface area (Å²) in [5, 5.41) is 6.37. The van der Waals surface area contributed by atoms with Crippen LogP contribution in [0.3, 0.4) is 0 Å². The number of benzene rings is 2. The van der Waals surface area contributed by atoms with Gasteiger partial charge in [-0.25, -0.2) is 9.59 Å². The van der Waals surface area contributed by atoms with Gasteiger partial charge in [0.1, 0.15) is 0 Å². The van der Waals surface area contributed by atoms with Crippen molar-refractivity contribution in [1.82, 2.24) is 10.6 Å². The van der Waals surface area contributed by atoms with Gasteiger partial charge in [0.05, 0.1) is 5.56 Å². The van der Waals surface area contributed by atoms with Crippen molar-refractivity contribution in [2.24, 2.45) is 0 Å². The van der Waals surface area contributed by atoms with Crippen LogP contribution in [0.15, 0.2) is 42.5 Å². The SMILES string of the molecule is CCNC(=O)NC(=O)COC(=O)c1ccc2ccccc2c1. The van der Waals surface area contributed by atoms with Crippen LogP contribution in [-0.2, 0) is 9.53 Å². The second kappa shape index (κ2) is 7.21. The molecule has 22 heavy (non-hydrogen) atoms. The molecule has 0 aliphatic heterocycles. The maximum atomic E-state index is 11.9. The molecule has 0 atom stereocenters. The lowest BCUT2D eigenvalue weighted by molar-refractivity contribution is -0.123. The number of hydrogen-bond donors (Lipinski definition) is 2. The molecule has 2 aromatic carbocycles. The Morgan fingerprint density at radius 3 is 2.50 bits per heavy atom. The van der Waals surface area contributed by atoms with Gasteiger partial charge in [0.2, 0.25) is 0 Å². The molecule has 0 saturated carbocycles. The van der Waals surface area contributed by atoms with E-state index in [1.807, 2.05) is 24.3 Å². The predicted octanol–water partition coefficient (Wildman–Crippen LogP) is 1.84. The second-order valence-corrected chi connectivity index (χ2v) is 4.55. The van der Waals surface area contributed by atoms with Gasteiger partial charge in [-0.3, -0.25) is 10.1 Å². The van der Waals surface area contributed by atoms with E-state index < -0.39 is 24.5 Å². The minimum Gasteiger partial charge on any atom is -0.452 e. The van der Waals surface area contributed by atoms with Gasteiger partial charge >= 0.3 is 12.0 Å². The molecule has 0 spiro atoms. The Bertz CT molecular complexity index is 712. The lowest BCUT2D eigenvalue weighted by Crippen LogP contribution is -2.41. The highest BCUT2D eigenvalue weighted by Gasteiger charge is 2.12.